The van der Waals surface area contributed by atoms with Gasteiger partial charge in [-0.15, -0.1) is 0 Å². The van der Waals surface area contributed by atoms with Crippen molar-refractivity contribution in [3.8, 4) is 0 Å². The van der Waals surface area contributed by atoms with Crippen LogP contribution in [0.25, 0.3) is 0 Å². The van der Waals surface area contributed by atoms with E-state index in [1.54, 1.807) is 13.0 Å². The molecule has 0 aliphatic carbocycles. The van der Waals surface area contributed by atoms with E-state index in [0.717, 1.165) is 0 Å². The molecule has 0 radical (unpaired) electrons. The number of sulfonamides is 1. The normalized spacial score (nSPS) is 11.1. The van der Waals surface area contributed by atoms with Gasteiger partial charge in [0.05, 0.1) is 17.2 Å². The lowest BCUT2D eigenvalue weighted by atomic mass is 10.4. The van der Waals surface area contributed by atoms with Crippen LogP contribution in [-0.4, -0.2) is 26.0 Å². The van der Waals surface area contributed by atoms with Crippen molar-refractivity contribution < 1.29 is 17.9 Å². The Kier molecular flexibility index (Phi) is 4.54. The highest BCUT2D eigenvalue weighted by atomic mass is 35.5. The van der Waals surface area contributed by atoms with Gasteiger partial charge in [-0.1, -0.05) is 17.7 Å². The maximum atomic E-state index is 12.2. The Bertz CT molecular complexity index is 755. The van der Waals surface area contributed by atoms with Crippen molar-refractivity contribution in [3.63, 3.8) is 0 Å². The molecular formula is C13H13ClN2O4S. The quantitative estimate of drug-likeness (QED) is 0.826. The molecule has 8 heteroatoms. The Balaban J connectivity index is 2.20. The van der Waals surface area contributed by atoms with E-state index in [4.69, 9.17) is 16.3 Å². The van der Waals surface area contributed by atoms with Crippen LogP contribution < -0.4 is 4.72 Å². The van der Waals surface area contributed by atoms with E-state index in [2.05, 4.69) is 9.71 Å². The molecule has 0 saturated carbocycles. The minimum Gasteiger partial charge on any atom is -0.461 e. The zero-order chi connectivity index (χ0) is 15.5. The summed E-state index contributed by atoms with van der Waals surface area (Å²) in [5.74, 6) is -0.550. The lowest BCUT2D eigenvalue weighted by molar-refractivity contribution is 0.0520. The summed E-state index contributed by atoms with van der Waals surface area (Å²) in [5.41, 5.74) is 0.402. The van der Waals surface area contributed by atoms with Crippen molar-refractivity contribution in [1.82, 2.24) is 4.98 Å². The second-order valence-corrected chi connectivity index (χ2v) is 6.20. The van der Waals surface area contributed by atoms with E-state index in [1.807, 2.05) is 0 Å². The molecule has 1 heterocycles. The minimum absolute atomic E-state index is 0.0360. The van der Waals surface area contributed by atoms with Crippen LogP contribution >= 0.6 is 11.6 Å². The van der Waals surface area contributed by atoms with E-state index in [9.17, 15) is 13.2 Å². The maximum Gasteiger partial charge on any atom is 0.354 e. The van der Waals surface area contributed by atoms with Gasteiger partial charge in [0, 0.05) is 11.2 Å². The average Bonchev–Trinajstić information content (AvgIpc) is 2.87. The van der Waals surface area contributed by atoms with Crippen LogP contribution in [0, 0.1) is 0 Å². The lowest BCUT2D eigenvalue weighted by Crippen LogP contribution is -2.12. The van der Waals surface area contributed by atoms with Gasteiger partial charge in [-0.2, -0.15) is 0 Å². The zero-order valence-corrected chi connectivity index (χ0v) is 12.7. The highest BCUT2D eigenvalue weighted by molar-refractivity contribution is 7.92. The third-order valence-electron chi connectivity index (χ3n) is 2.54. The minimum atomic E-state index is -3.77. The van der Waals surface area contributed by atoms with Crippen molar-refractivity contribution in [2.75, 3.05) is 11.3 Å². The molecule has 0 aliphatic heterocycles. The summed E-state index contributed by atoms with van der Waals surface area (Å²) in [7, 11) is -3.77. The van der Waals surface area contributed by atoms with Crippen LogP contribution in [0.3, 0.4) is 0 Å². The van der Waals surface area contributed by atoms with Crippen LogP contribution in [-0.2, 0) is 14.8 Å². The molecule has 1 aromatic carbocycles. The monoisotopic (exact) mass is 328 g/mol. The summed E-state index contributed by atoms with van der Waals surface area (Å²) < 4.78 is 31.5. The van der Waals surface area contributed by atoms with Gasteiger partial charge in [0.15, 0.2) is 0 Å². The van der Waals surface area contributed by atoms with Crippen molar-refractivity contribution >= 4 is 33.3 Å². The molecule has 0 fully saturated rings. The molecule has 6 nitrogen and oxygen atoms in total. The third kappa shape index (κ3) is 3.77. The molecule has 2 aromatic rings. The summed E-state index contributed by atoms with van der Waals surface area (Å²) in [4.78, 5) is 14.2. The first-order valence-electron chi connectivity index (χ1n) is 6.06. The molecular weight excluding hydrogens is 316 g/mol. The Morgan fingerprint density at radius 3 is 2.81 bits per heavy atom. The number of aromatic amines is 1. The Morgan fingerprint density at radius 1 is 1.38 bits per heavy atom. The fraction of sp³-hybridized carbons (Fsp3) is 0.154. The Labute approximate surface area is 127 Å². The predicted octanol–water partition coefficient (Wildman–Crippen LogP) is 2.65. The molecule has 112 valence electrons. The topological polar surface area (TPSA) is 88.3 Å². The fourth-order valence-electron chi connectivity index (χ4n) is 1.63. The first-order chi connectivity index (χ1) is 9.92. The highest BCUT2D eigenvalue weighted by Gasteiger charge is 2.17. The van der Waals surface area contributed by atoms with E-state index < -0.39 is 16.0 Å². The molecule has 2 N–H and O–H groups in total. The van der Waals surface area contributed by atoms with Crippen molar-refractivity contribution in [2.24, 2.45) is 0 Å². The number of esters is 1. The van der Waals surface area contributed by atoms with Crippen LogP contribution in [0.15, 0.2) is 41.4 Å². The van der Waals surface area contributed by atoms with Crippen LogP contribution in [0.4, 0.5) is 5.69 Å². The van der Waals surface area contributed by atoms with Gasteiger partial charge in [-0.3, -0.25) is 4.72 Å². The number of carbonyl (C=O) groups is 1. The van der Waals surface area contributed by atoms with Gasteiger partial charge >= 0.3 is 5.97 Å². The number of carbonyl (C=O) groups excluding carboxylic acids is 1. The number of aromatic nitrogens is 1. The zero-order valence-electron chi connectivity index (χ0n) is 11.1. The van der Waals surface area contributed by atoms with Crippen LogP contribution in [0.2, 0.25) is 5.02 Å². The molecule has 0 spiro atoms. The average molecular weight is 329 g/mol. The highest BCUT2D eigenvalue weighted by Crippen LogP contribution is 2.20. The van der Waals surface area contributed by atoms with Gasteiger partial charge in [0.25, 0.3) is 10.0 Å². The molecule has 0 unspecified atom stereocenters. The van der Waals surface area contributed by atoms with Gasteiger partial charge < -0.3 is 9.72 Å². The molecule has 2 rings (SSSR count). The molecule has 0 amide bonds. The third-order valence-corrected chi connectivity index (χ3v) is 4.15. The van der Waals surface area contributed by atoms with Crippen LogP contribution in [0.5, 0.6) is 0 Å². The molecule has 0 atom stereocenters. The van der Waals surface area contributed by atoms with Gasteiger partial charge in [0.1, 0.15) is 5.69 Å². The number of rotatable bonds is 5. The molecule has 0 aliphatic rings. The van der Waals surface area contributed by atoms with Crippen molar-refractivity contribution in [2.45, 2.75) is 11.8 Å². The summed E-state index contributed by atoms with van der Waals surface area (Å²) in [6.45, 7) is 1.92. The SMILES string of the molecule is CCOC(=O)c1cc(NS(=O)(=O)c2cccc(Cl)c2)c[nH]1. The van der Waals surface area contributed by atoms with Crippen molar-refractivity contribution in [3.05, 3.63) is 47.2 Å². The smallest absolute Gasteiger partial charge is 0.354 e. The van der Waals surface area contributed by atoms with E-state index in [-0.39, 0.29) is 22.9 Å². The molecule has 0 saturated heterocycles. The number of anilines is 1. The second-order valence-electron chi connectivity index (χ2n) is 4.09. The van der Waals surface area contributed by atoms with Crippen LogP contribution in [0.1, 0.15) is 17.4 Å². The molecule has 0 bridgehead atoms. The first-order valence-corrected chi connectivity index (χ1v) is 7.92. The number of hydrogen-bond donors (Lipinski definition) is 2. The largest absolute Gasteiger partial charge is 0.461 e. The summed E-state index contributed by atoms with van der Waals surface area (Å²) in [6, 6.07) is 7.24. The Morgan fingerprint density at radius 2 is 2.14 bits per heavy atom. The van der Waals surface area contributed by atoms with E-state index >= 15 is 0 Å². The number of hydrogen-bond acceptors (Lipinski definition) is 4. The number of H-pyrrole nitrogens is 1. The molecule has 21 heavy (non-hydrogen) atoms. The number of benzene rings is 1. The predicted molar refractivity (Wildman–Crippen MR) is 79.0 cm³/mol. The van der Waals surface area contributed by atoms with Gasteiger partial charge in [-0.05, 0) is 31.2 Å². The summed E-state index contributed by atoms with van der Waals surface area (Å²) in [6.07, 6.45) is 1.37. The first kappa shape index (κ1) is 15.4. The van der Waals surface area contributed by atoms with E-state index in [1.165, 1.54) is 30.5 Å². The number of ether oxygens (including phenoxy) is 1. The second kappa shape index (κ2) is 6.19. The Hall–Kier alpha value is -1.99. The molecule has 1 aromatic heterocycles. The standard InChI is InChI=1S/C13H13ClN2O4S/c1-2-20-13(17)12-7-10(8-15-12)16-21(18,19)11-5-3-4-9(14)6-11/h3-8,15-16H,2H2,1H3. The lowest BCUT2D eigenvalue weighted by Gasteiger charge is -2.06. The van der Waals surface area contributed by atoms with Gasteiger partial charge in [0.2, 0.25) is 0 Å². The summed E-state index contributed by atoms with van der Waals surface area (Å²) >= 11 is 5.77. The van der Waals surface area contributed by atoms with E-state index in [0.29, 0.717) is 5.02 Å². The fourth-order valence-corrected chi connectivity index (χ4v) is 2.97. The summed E-state index contributed by atoms with van der Waals surface area (Å²) in [5, 5.41) is 0.319. The van der Waals surface area contributed by atoms with Crippen molar-refractivity contribution in [1.29, 1.82) is 0 Å². The number of halogens is 1. The number of nitrogens with one attached hydrogen (secondary N) is 2. The van der Waals surface area contributed by atoms with Gasteiger partial charge in [-0.25, -0.2) is 13.2 Å². The maximum absolute atomic E-state index is 12.2.